The Morgan fingerprint density at radius 1 is 0.893 bits per heavy atom. The molecule has 0 N–H and O–H groups in total. The van der Waals surface area contributed by atoms with Gasteiger partial charge < -0.3 is 4.74 Å². The monoisotopic (exact) mass is 381 g/mol. The van der Waals surface area contributed by atoms with E-state index in [4.69, 9.17) is 10.00 Å². The zero-order valence-electron chi connectivity index (χ0n) is 15.0. The number of benzene rings is 3. The fourth-order valence-corrected chi connectivity index (χ4v) is 2.98. The highest BCUT2D eigenvalue weighted by atomic mass is 19.1. The Hall–Kier alpha value is -3.59. The third-order valence-electron chi connectivity index (χ3n) is 4.18. The molecule has 0 unspecified atom stereocenters. The molecule has 3 rings (SSSR count). The summed E-state index contributed by atoms with van der Waals surface area (Å²) in [4.78, 5) is 11.0. The van der Waals surface area contributed by atoms with Crippen LogP contribution in [-0.4, -0.2) is 5.97 Å². The Morgan fingerprint density at radius 3 is 1.96 bits per heavy atom. The van der Waals surface area contributed by atoms with E-state index in [-0.39, 0.29) is 11.1 Å². The number of hydrogen-bond donors (Lipinski definition) is 0. The molecular formula is C22H14F3NO2. The van der Waals surface area contributed by atoms with Crippen molar-refractivity contribution in [3.05, 3.63) is 77.1 Å². The lowest BCUT2D eigenvalue weighted by atomic mass is 9.94. The van der Waals surface area contributed by atoms with Gasteiger partial charge in [-0.05, 0) is 59.5 Å². The van der Waals surface area contributed by atoms with Crippen LogP contribution in [0.5, 0.6) is 5.75 Å². The topological polar surface area (TPSA) is 50.1 Å². The highest BCUT2D eigenvalue weighted by molar-refractivity contribution is 5.75. The molecule has 0 fully saturated rings. The van der Waals surface area contributed by atoms with Crippen LogP contribution >= 0.6 is 0 Å². The summed E-state index contributed by atoms with van der Waals surface area (Å²) >= 11 is 0. The third kappa shape index (κ3) is 3.74. The van der Waals surface area contributed by atoms with Crippen molar-refractivity contribution in [1.29, 1.82) is 5.26 Å². The van der Waals surface area contributed by atoms with Crippen LogP contribution in [-0.2, 0) is 4.79 Å². The molecule has 0 radical (unpaired) electrons. The van der Waals surface area contributed by atoms with E-state index >= 15 is 0 Å². The number of aryl methyl sites for hydroxylation is 1. The smallest absolute Gasteiger partial charge is 0.308 e. The van der Waals surface area contributed by atoms with Gasteiger partial charge in [-0.2, -0.15) is 5.26 Å². The third-order valence-corrected chi connectivity index (χ3v) is 4.18. The van der Waals surface area contributed by atoms with Crippen LogP contribution in [0.15, 0.2) is 48.5 Å². The summed E-state index contributed by atoms with van der Waals surface area (Å²) in [5, 5.41) is 8.77. The standard InChI is InChI=1S/C22H14F3NO2/c1-12-7-15(14-3-5-17(6-4-14)28-13(2)27)8-21(25)22(12)16-9-19(23)18(11-26)20(24)10-16/h3-10H,1-2H3. The van der Waals surface area contributed by atoms with Gasteiger partial charge in [0, 0.05) is 12.5 Å². The minimum atomic E-state index is -1.04. The Bertz CT molecular complexity index is 1070. The number of nitrogens with zero attached hydrogens (tertiary/aromatic N) is 1. The molecule has 0 spiro atoms. The lowest BCUT2D eigenvalue weighted by molar-refractivity contribution is -0.131. The second kappa shape index (κ2) is 7.57. The highest BCUT2D eigenvalue weighted by Gasteiger charge is 2.17. The minimum absolute atomic E-state index is 0.0146. The second-order valence-corrected chi connectivity index (χ2v) is 6.19. The summed E-state index contributed by atoms with van der Waals surface area (Å²) in [5.74, 6) is -2.81. The summed E-state index contributed by atoms with van der Waals surface area (Å²) < 4.78 is 47.6. The van der Waals surface area contributed by atoms with Crippen molar-refractivity contribution in [1.82, 2.24) is 0 Å². The first-order valence-corrected chi connectivity index (χ1v) is 8.28. The van der Waals surface area contributed by atoms with Gasteiger partial charge in [-0.25, -0.2) is 13.2 Å². The number of carbonyl (C=O) groups is 1. The average Bonchev–Trinajstić information content (AvgIpc) is 2.61. The van der Waals surface area contributed by atoms with Crippen molar-refractivity contribution in [3.8, 4) is 34.1 Å². The maximum Gasteiger partial charge on any atom is 0.308 e. The summed E-state index contributed by atoms with van der Waals surface area (Å²) in [6, 6.07) is 12.8. The molecule has 0 aliphatic rings. The van der Waals surface area contributed by atoms with E-state index in [2.05, 4.69) is 0 Å². The number of rotatable bonds is 3. The summed E-state index contributed by atoms with van der Waals surface area (Å²) in [6.07, 6.45) is 0. The SMILES string of the molecule is CC(=O)Oc1ccc(-c2cc(C)c(-c3cc(F)c(C#N)c(F)c3)c(F)c2)cc1. The van der Waals surface area contributed by atoms with Crippen molar-refractivity contribution in [2.45, 2.75) is 13.8 Å². The summed E-state index contributed by atoms with van der Waals surface area (Å²) in [7, 11) is 0. The van der Waals surface area contributed by atoms with E-state index in [9.17, 15) is 18.0 Å². The molecule has 0 amide bonds. The summed E-state index contributed by atoms with van der Waals surface area (Å²) in [5.41, 5.74) is 1.08. The maximum absolute atomic E-state index is 14.8. The van der Waals surface area contributed by atoms with E-state index in [1.165, 1.54) is 19.1 Å². The molecule has 3 aromatic rings. The van der Waals surface area contributed by atoms with Gasteiger partial charge in [0.25, 0.3) is 0 Å². The molecule has 3 nitrogen and oxygen atoms in total. The molecule has 0 atom stereocenters. The number of halogens is 3. The molecule has 28 heavy (non-hydrogen) atoms. The van der Waals surface area contributed by atoms with Crippen molar-refractivity contribution >= 4 is 5.97 Å². The van der Waals surface area contributed by atoms with Crippen molar-refractivity contribution in [2.24, 2.45) is 0 Å². The van der Waals surface area contributed by atoms with Crippen molar-refractivity contribution in [2.75, 3.05) is 0 Å². The second-order valence-electron chi connectivity index (χ2n) is 6.19. The molecule has 0 bridgehead atoms. The van der Waals surface area contributed by atoms with Gasteiger partial charge in [-0.3, -0.25) is 4.79 Å². The fourth-order valence-electron chi connectivity index (χ4n) is 2.98. The van der Waals surface area contributed by atoms with Gasteiger partial charge in [0.15, 0.2) is 0 Å². The van der Waals surface area contributed by atoms with Crippen LogP contribution in [0.1, 0.15) is 18.1 Å². The molecule has 6 heteroatoms. The van der Waals surface area contributed by atoms with Crippen LogP contribution in [0, 0.1) is 35.7 Å². The average molecular weight is 381 g/mol. The number of carbonyl (C=O) groups excluding carboxylic acids is 1. The first-order valence-electron chi connectivity index (χ1n) is 8.28. The quantitative estimate of drug-likeness (QED) is 0.442. The molecule has 0 aromatic heterocycles. The van der Waals surface area contributed by atoms with E-state index in [1.807, 2.05) is 0 Å². The Morgan fingerprint density at radius 2 is 1.46 bits per heavy atom. The highest BCUT2D eigenvalue weighted by Crippen LogP contribution is 2.33. The Labute approximate surface area is 159 Å². The maximum atomic E-state index is 14.8. The van der Waals surface area contributed by atoms with E-state index < -0.39 is 29.0 Å². The van der Waals surface area contributed by atoms with E-state index in [0.29, 0.717) is 22.4 Å². The molecule has 3 aromatic carbocycles. The summed E-state index contributed by atoms with van der Waals surface area (Å²) in [6.45, 7) is 2.92. The van der Waals surface area contributed by atoms with Crippen molar-refractivity contribution in [3.63, 3.8) is 0 Å². The van der Waals surface area contributed by atoms with E-state index in [0.717, 1.165) is 12.1 Å². The van der Waals surface area contributed by atoms with Crippen LogP contribution in [0.3, 0.4) is 0 Å². The van der Waals surface area contributed by atoms with E-state index in [1.54, 1.807) is 37.3 Å². The Kier molecular flexibility index (Phi) is 5.18. The fraction of sp³-hybridized carbons (Fsp3) is 0.0909. The largest absolute Gasteiger partial charge is 0.427 e. The number of esters is 1. The van der Waals surface area contributed by atoms with Gasteiger partial charge in [0.05, 0.1) is 0 Å². The van der Waals surface area contributed by atoms with Gasteiger partial charge in [0.2, 0.25) is 0 Å². The van der Waals surface area contributed by atoms with Crippen LogP contribution in [0.2, 0.25) is 0 Å². The number of ether oxygens (including phenoxy) is 1. The van der Waals surface area contributed by atoms with Crippen LogP contribution in [0.4, 0.5) is 13.2 Å². The molecule has 140 valence electrons. The van der Waals surface area contributed by atoms with Gasteiger partial charge in [-0.15, -0.1) is 0 Å². The number of nitriles is 1. The molecule has 0 saturated heterocycles. The van der Waals surface area contributed by atoms with Crippen LogP contribution in [0.25, 0.3) is 22.3 Å². The van der Waals surface area contributed by atoms with Crippen LogP contribution < -0.4 is 4.74 Å². The van der Waals surface area contributed by atoms with Gasteiger partial charge in [-0.1, -0.05) is 18.2 Å². The first kappa shape index (κ1) is 19.2. The van der Waals surface area contributed by atoms with Gasteiger partial charge >= 0.3 is 5.97 Å². The van der Waals surface area contributed by atoms with Gasteiger partial charge in [0.1, 0.15) is 34.8 Å². The molecule has 0 aliphatic carbocycles. The normalized spacial score (nSPS) is 10.4. The molecular weight excluding hydrogens is 367 g/mol. The van der Waals surface area contributed by atoms with Crippen molar-refractivity contribution < 1.29 is 22.7 Å². The molecule has 0 heterocycles. The predicted octanol–water partition coefficient (Wildman–Crippen LogP) is 5.54. The lowest BCUT2D eigenvalue weighted by Gasteiger charge is -2.12. The lowest BCUT2D eigenvalue weighted by Crippen LogP contribution is -2.00. The Balaban J connectivity index is 2.02. The molecule has 0 saturated carbocycles. The predicted molar refractivity (Wildman–Crippen MR) is 97.9 cm³/mol. The molecule has 0 aliphatic heterocycles. The number of hydrogen-bond acceptors (Lipinski definition) is 3. The first-order chi connectivity index (χ1) is 13.3. The minimum Gasteiger partial charge on any atom is -0.427 e. The zero-order chi connectivity index (χ0) is 20.4. The zero-order valence-corrected chi connectivity index (χ0v) is 15.0.